The van der Waals surface area contributed by atoms with E-state index in [1.807, 2.05) is 24.3 Å². The number of carbonyl (C=O) groups is 3. The van der Waals surface area contributed by atoms with Crippen LogP contribution < -0.4 is 10.2 Å². The number of para-hydroxylation sites is 1. The van der Waals surface area contributed by atoms with Gasteiger partial charge in [-0.2, -0.15) is 0 Å². The van der Waals surface area contributed by atoms with E-state index in [4.69, 9.17) is 0 Å². The van der Waals surface area contributed by atoms with Crippen LogP contribution in [0.3, 0.4) is 0 Å². The minimum absolute atomic E-state index is 0.00182. The zero-order valence-electron chi connectivity index (χ0n) is 20.5. The predicted molar refractivity (Wildman–Crippen MR) is 133 cm³/mol. The molecule has 34 heavy (non-hydrogen) atoms. The molecule has 1 aromatic carbocycles. The smallest absolute Gasteiger partial charge is 0.253 e. The summed E-state index contributed by atoms with van der Waals surface area (Å²) in [5.41, 5.74) is 1.77. The van der Waals surface area contributed by atoms with Crippen molar-refractivity contribution in [3.05, 3.63) is 29.8 Å². The zero-order valence-corrected chi connectivity index (χ0v) is 20.5. The van der Waals surface area contributed by atoms with E-state index in [1.54, 1.807) is 9.80 Å². The molecule has 3 aliphatic heterocycles. The first kappa shape index (κ1) is 24.5. The van der Waals surface area contributed by atoms with Crippen LogP contribution in [0.25, 0.3) is 0 Å². The van der Waals surface area contributed by atoms with E-state index < -0.39 is 0 Å². The van der Waals surface area contributed by atoms with Gasteiger partial charge < -0.3 is 20.0 Å². The van der Waals surface area contributed by atoms with Crippen LogP contribution in [0.1, 0.15) is 55.8 Å². The summed E-state index contributed by atoms with van der Waals surface area (Å²) >= 11 is 0. The normalized spacial score (nSPS) is 21.6. The number of unbranched alkanes of at least 4 members (excludes halogenated alkanes) is 1. The monoisotopic (exact) mass is 469 g/mol. The highest BCUT2D eigenvalue weighted by molar-refractivity contribution is 5.99. The minimum Gasteiger partial charge on any atom is -0.368 e. The number of piperazine rings is 2. The number of nitrogens with one attached hydrogen (secondary N) is 1. The Morgan fingerprint density at radius 2 is 1.76 bits per heavy atom. The summed E-state index contributed by atoms with van der Waals surface area (Å²) in [6.45, 7) is 9.13. The lowest BCUT2D eigenvalue weighted by Gasteiger charge is -2.42. The molecule has 0 radical (unpaired) electrons. The number of hydrogen-bond acceptors (Lipinski definition) is 5. The molecule has 0 bridgehead atoms. The number of carbonyl (C=O) groups excluding carboxylic acids is 3. The van der Waals surface area contributed by atoms with Crippen molar-refractivity contribution >= 4 is 23.4 Å². The van der Waals surface area contributed by atoms with Crippen LogP contribution in [0.2, 0.25) is 0 Å². The van der Waals surface area contributed by atoms with Gasteiger partial charge in [-0.1, -0.05) is 19.1 Å². The molecular weight excluding hydrogens is 430 g/mol. The standard InChI is InChI=1S/C26H39N5O3/c1-2-12-27-25(33)21-9-3-4-10-22(21)29-18-16-28(17-19-29)13-7-8-14-30-20-24(32)31-15-6-5-11-23(31)26(30)34/h3-4,9-10,23H,2,5-8,11-20H2,1H3,(H,27,33). The third kappa shape index (κ3) is 5.71. The molecular formula is C26H39N5O3. The van der Waals surface area contributed by atoms with Crippen LogP contribution in [0.15, 0.2) is 24.3 Å². The number of benzene rings is 1. The highest BCUT2D eigenvalue weighted by Gasteiger charge is 2.39. The second kappa shape index (κ2) is 11.7. The number of anilines is 1. The Kier molecular flexibility index (Phi) is 8.43. The summed E-state index contributed by atoms with van der Waals surface area (Å²) in [5.74, 6) is 0.264. The van der Waals surface area contributed by atoms with Crippen molar-refractivity contribution in [1.29, 1.82) is 0 Å². The number of amides is 3. The van der Waals surface area contributed by atoms with Crippen molar-refractivity contribution in [1.82, 2.24) is 20.0 Å². The van der Waals surface area contributed by atoms with E-state index in [2.05, 4.69) is 22.0 Å². The molecule has 3 amide bonds. The van der Waals surface area contributed by atoms with E-state index in [0.29, 0.717) is 13.1 Å². The molecule has 0 aromatic heterocycles. The van der Waals surface area contributed by atoms with Crippen molar-refractivity contribution in [2.45, 2.75) is 51.5 Å². The van der Waals surface area contributed by atoms with Crippen LogP contribution in [-0.2, 0) is 9.59 Å². The number of rotatable bonds is 9. The molecule has 0 aliphatic carbocycles. The van der Waals surface area contributed by atoms with Gasteiger partial charge in [0.25, 0.3) is 5.91 Å². The third-order valence-electron chi connectivity index (χ3n) is 7.30. The summed E-state index contributed by atoms with van der Waals surface area (Å²) in [6.07, 6.45) is 5.73. The van der Waals surface area contributed by atoms with E-state index in [9.17, 15) is 14.4 Å². The quantitative estimate of drug-likeness (QED) is 0.560. The highest BCUT2D eigenvalue weighted by atomic mass is 16.2. The maximum atomic E-state index is 12.8. The van der Waals surface area contributed by atoms with Gasteiger partial charge in [0.1, 0.15) is 6.04 Å². The Morgan fingerprint density at radius 1 is 1.00 bits per heavy atom. The molecule has 8 nitrogen and oxygen atoms in total. The Labute approximate surface area is 203 Å². The fourth-order valence-corrected chi connectivity index (χ4v) is 5.34. The lowest BCUT2D eigenvalue weighted by atomic mass is 9.98. The van der Waals surface area contributed by atoms with E-state index in [-0.39, 0.29) is 30.3 Å². The fraction of sp³-hybridized carbons (Fsp3) is 0.654. The Hall–Kier alpha value is -2.61. The lowest BCUT2D eigenvalue weighted by Crippen LogP contribution is -2.61. The van der Waals surface area contributed by atoms with Gasteiger partial charge in [0.15, 0.2) is 0 Å². The molecule has 3 heterocycles. The molecule has 0 saturated carbocycles. The molecule has 1 unspecified atom stereocenters. The van der Waals surface area contributed by atoms with Gasteiger partial charge in [0, 0.05) is 51.5 Å². The summed E-state index contributed by atoms with van der Waals surface area (Å²) in [6, 6.07) is 7.66. The number of nitrogens with zero attached hydrogens (tertiary/aromatic N) is 4. The Morgan fingerprint density at radius 3 is 2.56 bits per heavy atom. The van der Waals surface area contributed by atoms with Gasteiger partial charge in [-0.05, 0) is 57.2 Å². The van der Waals surface area contributed by atoms with E-state index in [1.165, 1.54) is 0 Å². The number of hydrogen-bond donors (Lipinski definition) is 1. The van der Waals surface area contributed by atoms with Crippen LogP contribution >= 0.6 is 0 Å². The third-order valence-corrected chi connectivity index (χ3v) is 7.30. The van der Waals surface area contributed by atoms with Crippen molar-refractivity contribution in [3.8, 4) is 0 Å². The summed E-state index contributed by atoms with van der Waals surface area (Å²) in [7, 11) is 0. The zero-order chi connectivity index (χ0) is 23.9. The summed E-state index contributed by atoms with van der Waals surface area (Å²) < 4.78 is 0. The Balaban J connectivity index is 1.20. The van der Waals surface area contributed by atoms with Gasteiger partial charge in [-0.25, -0.2) is 0 Å². The largest absolute Gasteiger partial charge is 0.368 e. The van der Waals surface area contributed by atoms with Crippen LogP contribution in [0.5, 0.6) is 0 Å². The van der Waals surface area contributed by atoms with Crippen molar-refractivity contribution in [3.63, 3.8) is 0 Å². The fourth-order valence-electron chi connectivity index (χ4n) is 5.34. The molecule has 186 valence electrons. The number of piperidine rings is 1. The molecule has 3 saturated heterocycles. The number of fused-ring (bicyclic) bond motifs is 1. The molecule has 4 rings (SSSR count). The van der Waals surface area contributed by atoms with Crippen LogP contribution in [0, 0.1) is 0 Å². The first-order valence-corrected chi connectivity index (χ1v) is 13.0. The van der Waals surface area contributed by atoms with E-state index >= 15 is 0 Å². The van der Waals surface area contributed by atoms with E-state index in [0.717, 1.165) is 89.0 Å². The first-order chi connectivity index (χ1) is 16.6. The van der Waals surface area contributed by atoms with Gasteiger partial charge in [0.05, 0.1) is 12.1 Å². The summed E-state index contributed by atoms with van der Waals surface area (Å²) in [4.78, 5) is 46.1. The van der Waals surface area contributed by atoms with Crippen molar-refractivity contribution in [2.24, 2.45) is 0 Å². The Bertz CT molecular complexity index is 868. The van der Waals surface area contributed by atoms with Crippen LogP contribution in [-0.4, -0.2) is 97.4 Å². The molecule has 3 aliphatic rings. The second-order valence-electron chi connectivity index (χ2n) is 9.67. The first-order valence-electron chi connectivity index (χ1n) is 13.0. The van der Waals surface area contributed by atoms with Crippen molar-refractivity contribution < 1.29 is 14.4 Å². The SMILES string of the molecule is CCCNC(=O)c1ccccc1N1CCN(CCCCN2CC(=O)N3CCCCC3C2=O)CC1. The molecule has 3 fully saturated rings. The predicted octanol–water partition coefficient (Wildman–Crippen LogP) is 1.95. The second-order valence-corrected chi connectivity index (χ2v) is 9.67. The maximum absolute atomic E-state index is 12.8. The molecule has 1 aromatic rings. The summed E-state index contributed by atoms with van der Waals surface area (Å²) in [5, 5.41) is 2.99. The minimum atomic E-state index is -0.213. The average Bonchev–Trinajstić information content (AvgIpc) is 2.88. The lowest BCUT2D eigenvalue weighted by molar-refractivity contribution is -0.157. The molecule has 1 N–H and O–H groups in total. The maximum Gasteiger partial charge on any atom is 0.253 e. The topological polar surface area (TPSA) is 76.2 Å². The molecule has 8 heteroatoms. The van der Waals surface area contributed by atoms with Crippen LogP contribution in [0.4, 0.5) is 5.69 Å². The van der Waals surface area contributed by atoms with Gasteiger partial charge in [-0.15, -0.1) is 0 Å². The molecule has 1 atom stereocenters. The van der Waals surface area contributed by atoms with Gasteiger partial charge in [-0.3, -0.25) is 19.3 Å². The van der Waals surface area contributed by atoms with Gasteiger partial charge >= 0.3 is 0 Å². The molecule has 0 spiro atoms. The highest BCUT2D eigenvalue weighted by Crippen LogP contribution is 2.24. The average molecular weight is 470 g/mol. The van der Waals surface area contributed by atoms with Crippen molar-refractivity contribution in [2.75, 3.05) is 63.8 Å². The van der Waals surface area contributed by atoms with Gasteiger partial charge in [0.2, 0.25) is 11.8 Å².